The van der Waals surface area contributed by atoms with E-state index >= 15 is 0 Å². The first-order valence-corrected chi connectivity index (χ1v) is 12.1. The Bertz CT molecular complexity index is 697. The van der Waals surface area contributed by atoms with Gasteiger partial charge in [0.15, 0.2) is 0 Å². The molecule has 5 heteroatoms. The van der Waals surface area contributed by atoms with Crippen LogP contribution in [-0.2, 0) is 9.53 Å². The summed E-state index contributed by atoms with van der Waals surface area (Å²) in [5.41, 5.74) is 0.716. The summed E-state index contributed by atoms with van der Waals surface area (Å²) in [4.78, 5) is 27.3. The predicted octanol–water partition coefficient (Wildman–Crippen LogP) is 5.85. The lowest BCUT2D eigenvalue weighted by molar-refractivity contribution is -0.126. The summed E-state index contributed by atoms with van der Waals surface area (Å²) in [6, 6.07) is 10.4. The van der Waals surface area contributed by atoms with Crippen molar-refractivity contribution in [1.82, 2.24) is 10.2 Å². The molecule has 1 unspecified atom stereocenters. The smallest absolute Gasteiger partial charge is 0.410 e. The number of hydrogen-bond donors (Lipinski definition) is 1. The van der Waals surface area contributed by atoms with E-state index < -0.39 is 5.60 Å². The van der Waals surface area contributed by atoms with E-state index in [0.29, 0.717) is 5.92 Å². The molecule has 0 bridgehead atoms. The predicted molar refractivity (Wildman–Crippen MR) is 124 cm³/mol. The van der Waals surface area contributed by atoms with Crippen LogP contribution in [0.25, 0.3) is 0 Å². The SMILES string of the molecule is CC(C)(C)OC(=O)N1CCC(CC(NC(=O)C2CCCCCC2)c2ccccc2)CC1. The number of amides is 2. The maximum atomic E-state index is 13.1. The molecule has 1 heterocycles. The number of carbonyl (C=O) groups excluding carboxylic acids is 2. The van der Waals surface area contributed by atoms with E-state index in [1.54, 1.807) is 0 Å². The van der Waals surface area contributed by atoms with Crippen LogP contribution in [0.15, 0.2) is 30.3 Å². The molecule has 5 nitrogen and oxygen atoms in total. The van der Waals surface area contributed by atoms with E-state index in [1.165, 1.54) is 18.4 Å². The summed E-state index contributed by atoms with van der Waals surface area (Å²) in [5.74, 6) is 0.864. The standard InChI is InChI=1S/C26H40N2O3/c1-26(2,3)31-25(30)28-17-15-20(16-18-28)19-23(21-11-9-6-10-12-21)27-24(29)22-13-7-4-5-8-14-22/h6,9-12,20,22-23H,4-5,7-8,13-19H2,1-3H3,(H,27,29). The fourth-order valence-corrected chi connectivity index (χ4v) is 4.81. The molecule has 2 fully saturated rings. The molecule has 1 aromatic carbocycles. The molecule has 0 aromatic heterocycles. The van der Waals surface area contributed by atoms with Crippen molar-refractivity contribution in [2.75, 3.05) is 13.1 Å². The molecule has 2 amide bonds. The molecule has 172 valence electrons. The average molecular weight is 429 g/mol. The van der Waals surface area contributed by atoms with E-state index in [4.69, 9.17) is 4.74 Å². The highest BCUT2D eigenvalue weighted by molar-refractivity contribution is 5.79. The normalized spacial score (nSPS) is 20.0. The summed E-state index contributed by atoms with van der Waals surface area (Å²) in [7, 11) is 0. The van der Waals surface area contributed by atoms with Crippen LogP contribution in [-0.4, -0.2) is 35.6 Å². The number of likely N-dealkylation sites (tertiary alicyclic amines) is 1. The molecular formula is C26H40N2O3. The van der Waals surface area contributed by atoms with Crippen molar-refractivity contribution in [1.29, 1.82) is 0 Å². The van der Waals surface area contributed by atoms with Gasteiger partial charge in [-0.15, -0.1) is 0 Å². The first kappa shape index (κ1) is 23.6. The van der Waals surface area contributed by atoms with Crippen LogP contribution in [0.2, 0.25) is 0 Å². The van der Waals surface area contributed by atoms with Crippen LogP contribution in [0.3, 0.4) is 0 Å². The lowest BCUT2D eigenvalue weighted by atomic mass is 9.87. The third-order valence-corrected chi connectivity index (χ3v) is 6.58. The number of nitrogens with zero attached hydrogens (tertiary/aromatic N) is 1. The Morgan fingerprint density at radius 1 is 1.00 bits per heavy atom. The number of nitrogens with one attached hydrogen (secondary N) is 1. The first-order chi connectivity index (χ1) is 14.8. The van der Waals surface area contributed by atoms with Crippen molar-refractivity contribution in [3.05, 3.63) is 35.9 Å². The van der Waals surface area contributed by atoms with Gasteiger partial charge in [-0.3, -0.25) is 4.79 Å². The van der Waals surface area contributed by atoms with Gasteiger partial charge < -0.3 is 15.0 Å². The molecule has 1 aliphatic carbocycles. The van der Waals surface area contributed by atoms with Crippen LogP contribution in [0, 0.1) is 11.8 Å². The van der Waals surface area contributed by atoms with Gasteiger partial charge in [0.05, 0.1) is 6.04 Å². The van der Waals surface area contributed by atoms with Crippen molar-refractivity contribution in [3.63, 3.8) is 0 Å². The quantitative estimate of drug-likeness (QED) is 0.598. The van der Waals surface area contributed by atoms with Crippen LogP contribution in [0.4, 0.5) is 4.79 Å². The summed E-state index contributed by atoms with van der Waals surface area (Å²) in [6.45, 7) is 7.15. The Morgan fingerprint density at radius 2 is 1.61 bits per heavy atom. The summed E-state index contributed by atoms with van der Waals surface area (Å²) < 4.78 is 5.52. The maximum absolute atomic E-state index is 13.1. The van der Waals surface area contributed by atoms with E-state index in [2.05, 4.69) is 17.4 Å². The van der Waals surface area contributed by atoms with E-state index in [0.717, 1.165) is 58.0 Å². The number of benzene rings is 1. The molecule has 1 aliphatic heterocycles. The number of rotatable bonds is 5. The van der Waals surface area contributed by atoms with E-state index in [9.17, 15) is 9.59 Å². The van der Waals surface area contributed by atoms with Crippen LogP contribution in [0.1, 0.15) is 90.2 Å². The molecule has 2 aliphatic rings. The van der Waals surface area contributed by atoms with Gasteiger partial charge in [-0.25, -0.2) is 4.79 Å². The Kier molecular flexibility index (Phi) is 8.39. The number of carbonyl (C=O) groups is 2. The largest absolute Gasteiger partial charge is 0.444 e. The molecular weight excluding hydrogens is 388 g/mol. The van der Waals surface area contributed by atoms with Crippen LogP contribution >= 0.6 is 0 Å². The van der Waals surface area contributed by atoms with Gasteiger partial charge in [-0.2, -0.15) is 0 Å². The van der Waals surface area contributed by atoms with Crippen molar-refractivity contribution in [2.24, 2.45) is 11.8 Å². The van der Waals surface area contributed by atoms with Crippen LogP contribution in [0.5, 0.6) is 0 Å². The highest BCUT2D eigenvalue weighted by atomic mass is 16.6. The zero-order chi connectivity index (χ0) is 22.3. The van der Waals surface area contributed by atoms with Gasteiger partial charge in [-0.1, -0.05) is 56.0 Å². The van der Waals surface area contributed by atoms with Crippen molar-refractivity contribution in [3.8, 4) is 0 Å². The van der Waals surface area contributed by atoms with Crippen molar-refractivity contribution in [2.45, 2.75) is 90.2 Å². The Hall–Kier alpha value is -2.04. The summed E-state index contributed by atoms with van der Waals surface area (Å²) in [6.07, 6.45) is 9.46. The highest BCUT2D eigenvalue weighted by Crippen LogP contribution is 2.30. The summed E-state index contributed by atoms with van der Waals surface area (Å²) in [5, 5.41) is 3.40. The van der Waals surface area contributed by atoms with Crippen molar-refractivity contribution < 1.29 is 14.3 Å². The monoisotopic (exact) mass is 428 g/mol. The fraction of sp³-hybridized carbons (Fsp3) is 0.692. The minimum absolute atomic E-state index is 0.0371. The Balaban J connectivity index is 1.58. The molecule has 1 saturated carbocycles. The third kappa shape index (κ3) is 7.55. The molecule has 0 radical (unpaired) electrons. The second-order valence-corrected chi connectivity index (χ2v) is 10.3. The highest BCUT2D eigenvalue weighted by Gasteiger charge is 2.30. The van der Waals surface area contributed by atoms with Gasteiger partial charge >= 0.3 is 6.09 Å². The third-order valence-electron chi connectivity index (χ3n) is 6.58. The molecule has 31 heavy (non-hydrogen) atoms. The zero-order valence-corrected chi connectivity index (χ0v) is 19.6. The fourth-order valence-electron chi connectivity index (χ4n) is 4.81. The molecule has 0 spiro atoms. The number of hydrogen-bond acceptors (Lipinski definition) is 3. The van der Waals surface area contributed by atoms with Gasteiger partial charge in [0.1, 0.15) is 5.60 Å². The van der Waals surface area contributed by atoms with Crippen molar-refractivity contribution >= 4 is 12.0 Å². The van der Waals surface area contributed by atoms with Crippen LogP contribution < -0.4 is 5.32 Å². The zero-order valence-electron chi connectivity index (χ0n) is 19.6. The Labute approximate surface area is 187 Å². The molecule has 1 atom stereocenters. The molecule has 1 N–H and O–H groups in total. The topological polar surface area (TPSA) is 58.6 Å². The molecule has 1 aromatic rings. The summed E-state index contributed by atoms with van der Waals surface area (Å²) >= 11 is 0. The molecule has 1 saturated heterocycles. The Morgan fingerprint density at radius 3 is 2.19 bits per heavy atom. The number of piperidine rings is 1. The maximum Gasteiger partial charge on any atom is 0.410 e. The first-order valence-electron chi connectivity index (χ1n) is 12.1. The van der Waals surface area contributed by atoms with E-state index in [-0.39, 0.29) is 24.0 Å². The van der Waals surface area contributed by atoms with Gasteiger partial charge in [0.25, 0.3) is 0 Å². The minimum atomic E-state index is -0.464. The second kappa shape index (κ2) is 11.0. The van der Waals surface area contributed by atoms with E-state index in [1.807, 2.05) is 43.9 Å². The second-order valence-electron chi connectivity index (χ2n) is 10.3. The van der Waals surface area contributed by atoms with Gasteiger partial charge in [-0.05, 0) is 64.4 Å². The minimum Gasteiger partial charge on any atom is -0.444 e. The lowest BCUT2D eigenvalue weighted by Gasteiger charge is -2.35. The van der Waals surface area contributed by atoms with Gasteiger partial charge in [0.2, 0.25) is 5.91 Å². The average Bonchev–Trinajstić information content (AvgIpc) is 3.03. The molecule has 3 rings (SSSR count). The number of ether oxygens (including phenoxy) is 1. The van der Waals surface area contributed by atoms with Gasteiger partial charge in [0, 0.05) is 19.0 Å². The lowest BCUT2D eigenvalue weighted by Crippen LogP contribution is -2.42.